The van der Waals surface area contributed by atoms with Gasteiger partial charge in [-0.1, -0.05) is 32.0 Å². The maximum absolute atomic E-state index is 12.8. The monoisotopic (exact) mass is 300 g/mol. The van der Waals surface area contributed by atoms with Gasteiger partial charge in [-0.3, -0.25) is 4.90 Å². The van der Waals surface area contributed by atoms with Crippen molar-refractivity contribution in [3.8, 4) is 0 Å². The molecule has 2 rings (SSSR count). The van der Waals surface area contributed by atoms with Gasteiger partial charge >= 0.3 is 6.18 Å². The molecule has 0 aromatic heterocycles. The van der Waals surface area contributed by atoms with Gasteiger partial charge < -0.3 is 5.32 Å². The molecular formula is C16H23F3N2. The van der Waals surface area contributed by atoms with Gasteiger partial charge in [-0.05, 0) is 24.5 Å². The van der Waals surface area contributed by atoms with E-state index in [0.29, 0.717) is 6.54 Å². The zero-order chi connectivity index (χ0) is 15.5. The lowest BCUT2D eigenvalue weighted by molar-refractivity contribution is -0.137. The molecule has 1 saturated heterocycles. The molecule has 0 amide bonds. The molecule has 0 saturated carbocycles. The van der Waals surface area contributed by atoms with Crippen molar-refractivity contribution < 1.29 is 13.2 Å². The van der Waals surface area contributed by atoms with Crippen LogP contribution in [0.4, 0.5) is 13.2 Å². The summed E-state index contributed by atoms with van der Waals surface area (Å²) in [6.45, 7) is 7.54. The largest absolute Gasteiger partial charge is 0.416 e. The van der Waals surface area contributed by atoms with Crippen molar-refractivity contribution in [2.45, 2.75) is 44.9 Å². The lowest BCUT2D eigenvalue weighted by Gasteiger charge is -2.43. The first-order valence-corrected chi connectivity index (χ1v) is 7.52. The molecule has 0 radical (unpaired) electrons. The van der Waals surface area contributed by atoms with Gasteiger partial charge in [0, 0.05) is 31.7 Å². The van der Waals surface area contributed by atoms with E-state index in [1.54, 1.807) is 6.07 Å². The van der Waals surface area contributed by atoms with E-state index < -0.39 is 11.7 Å². The van der Waals surface area contributed by atoms with Gasteiger partial charge in [0.15, 0.2) is 0 Å². The molecule has 118 valence electrons. The molecule has 0 spiro atoms. The Morgan fingerprint density at radius 2 is 1.95 bits per heavy atom. The predicted molar refractivity (Wildman–Crippen MR) is 78.0 cm³/mol. The van der Waals surface area contributed by atoms with E-state index in [-0.39, 0.29) is 5.54 Å². The number of hydrogen-bond acceptors (Lipinski definition) is 2. The van der Waals surface area contributed by atoms with Gasteiger partial charge in [0.05, 0.1) is 5.56 Å². The van der Waals surface area contributed by atoms with Crippen LogP contribution in [0.1, 0.15) is 37.8 Å². The SMILES string of the molecule is CCC1(CC)CN(Cc2cccc(C(F)(F)F)c2)CCN1. The number of nitrogens with zero attached hydrogens (tertiary/aromatic N) is 1. The van der Waals surface area contributed by atoms with Crippen molar-refractivity contribution in [3.05, 3.63) is 35.4 Å². The van der Waals surface area contributed by atoms with Gasteiger partial charge in [-0.25, -0.2) is 0 Å². The zero-order valence-corrected chi connectivity index (χ0v) is 12.6. The van der Waals surface area contributed by atoms with E-state index >= 15 is 0 Å². The molecule has 21 heavy (non-hydrogen) atoms. The Bertz CT molecular complexity index is 467. The van der Waals surface area contributed by atoms with Gasteiger partial charge in [0.2, 0.25) is 0 Å². The summed E-state index contributed by atoms with van der Waals surface area (Å²) < 4.78 is 38.3. The Balaban J connectivity index is 2.08. The van der Waals surface area contributed by atoms with Crippen LogP contribution in [0, 0.1) is 0 Å². The summed E-state index contributed by atoms with van der Waals surface area (Å²) in [4.78, 5) is 2.25. The highest BCUT2D eigenvalue weighted by molar-refractivity contribution is 5.25. The molecule has 0 bridgehead atoms. The quantitative estimate of drug-likeness (QED) is 0.912. The molecular weight excluding hydrogens is 277 g/mol. The van der Waals surface area contributed by atoms with Crippen LogP contribution in [-0.4, -0.2) is 30.1 Å². The van der Waals surface area contributed by atoms with Crippen molar-refractivity contribution in [1.29, 1.82) is 0 Å². The molecule has 1 aromatic carbocycles. The highest BCUT2D eigenvalue weighted by atomic mass is 19.4. The Hall–Kier alpha value is -1.07. The summed E-state index contributed by atoms with van der Waals surface area (Å²) >= 11 is 0. The van der Waals surface area contributed by atoms with E-state index in [1.165, 1.54) is 12.1 Å². The van der Waals surface area contributed by atoms with Crippen LogP contribution < -0.4 is 5.32 Å². The van der Waals surface area contributed by atoms with Crippen LogP contribution >= 0.6 is 0 Å². The van der Waals surface area contributed by atoms with Crippen LogP contribution in [0.25, 0.3) is 0 Å². The topological polar surface area (TPSA) is 15.3 Å². The fraction of sp³-hybridized carbons (Fsp3) is 0.625. The molecule has 1 fully saturated rings. The summed E-state index contributed by atoms with van der Waals surface area (Å²) in [5.74, 6) is 0. The zero-order valence-electron chi connectivity index (χ0n) is 12.6. The van der Waals surface area contributed by atoms with Gasteiger partial charge in [-0.15, -0.1) is 0 Å². The van der Waals surface area contributed by atoms with Crippen LogP contribution in [0.2, 0.25) is 0 Å². The van der Waals surface area contributed by atoms with Crippen molar-refractivity contribution in [1.82, 2.24) is 10.2 Å². The van der Waals surface area contributed by atoms with Crippen LogP contribution in [0.15, 0.2) is 24.3 Å². The normalized spacial score (nSPS) is 19.7. The van der Waals surface area contributed by atoms with Crippen LogP contribution in [-0.2, 0) is 12.7 Å². The molecule has 1 N–H and O–H groups in total. The third-order valence-corrected chi connectivity index (χ3v) is 4.47. The first-order valence-electron chi connectivity index (χ1n) is 7.52. The maximum Gasteiger partial charge on any atom is 0.416 e. The minimum absolute atomic E-state index is 0.0971. The van der Waals surface area contributed by atoms with Crippen LogP contribution in [0.3, 0.4) is 0 Å². The fourth-order valence-corrected chi connectivity index (χ4v) is 3.00. The highest BCUT2D eigenvalue weighted by Gasteiger charge is 2.33. The highest BCUT2D eigenvalue weighted by Crippen LogP contribution is 2.30. The Morgan fingerprint density at radius 3 is 2.57 bits per heavy atom. The summed E-state index contributed by atoms with van der Waals surface area (Å²) in [7, 11) is 0. The standard InChI is InChI=1S/C16H23F3N2/c1-3-15(4-2)12-21(9-8-20-15)11-13-6-5-7-14(10-13)16(17,18)19/h5-7,10,20H,3-4,8-9,11-12H2,1-2H3. The average molecular weight is 300 g/mol. The number of rotatable bonds is 4. The molecule has 1 aliphatic heterocycles. The molecule has 0 unspecified atom stereocenters. The second kappa shape index (κ2) is 6.36. The first-order chi connectivity index (χ1) is 9.88. The predicted octanol–water partition coefficient (Wildman–Crippen LogP) is 3.67. The van der Waals surface area contributed by atoms with E-state index in [1.807, 2.05) is 0 Å². The average Bonchev–Trinajstić information content (AvgIpc) is 2.47. The number of halogens is 3. The second-order valence-electron chi connectivity index (χ2n) is 5.82. The minimum Gasteiger partial charge on any atom is -0.309 e. The molecule has 1 heterocycles. The van der Waals surface area contributed by atoms with Crippen molar-refractivity contribution in [2.24, 2.45) is 0 Å². The summed E-state index contributed by atoms with van der Waals surface area (Å²) in [5.41, 5.74) is 0.264. The number of piperazine rings is 1. The fourth-order valence-electron chi connectivity index (χ4n) is 3.00. The third kappa shape index (κ3) is 3.98. The minimum atomic E-state index is -4.27. The molecule has 5 heteroatoms. The summed E-state index contributed by atoms with van der Waals surface area (Å²) in [5, 5.41) is 3.56. The van der Waals surface area contributed by atoms with Crippen molar-refractivity contribution >= 4 is 0 Å². The van der Waals surface area contributed by atoms with E-state index in [4.69, 9.17) is 0 Å². The van der Waals surface area contributed by atoms with E-state index in [0.717, 1.165) is 44.1 Å². The number of hydrogen-bond donors (Lipinski definition) is 1. The van der Waals surface area contributed by atoms with Crippen molar-refractivity contribution in [3.63, 3.8) is 0 Å². The molecule has 1 aliphatic rings. The smallest absolute Gasteiger partial charge is 0.309 e. The number of nitrogens with one attached hydrogen (secondary N) is 1. The molecule has 1 aromatic rings. The Kier molecular flexibility index (Phi) is 4.94. The van der Waals surface area contributed by atoms with E-state index in [2.05, 4.69) is 24.1 Å². The van der Waals surface area contributed by atoms with Crippen LogP contribution in [0.5, 0.6) is 0 Å². The molecule has 0 atom stereocenters. The first kappa shape index (κ1) is 16.3. The van der Waals surface area contributed by atoms with Gasteiger partial charge in [0.1, 0.15) is 0 Å². The lowest BCUT2D eigenvalue weighted by Crippen LogP contribution is -2.59. The lowest BCUT2D eigenvalue weighted by atomic mass is 9.90. The Morgan fingerprint density at radius 1 is 1.24 bits per heavy atom. The molecule has 2 nitrogen and oxygen atoms in total. The molecule has 0 aliphatic carbocycles. The number of benzene rings is 1. The third-order valence-electron chi connectivity index (χ3n) is 4.47. The van der Waals surface area contributed by atoms with Gasteiger partial charge in [0.25, 0.3) is 0 Å². The summed E-state index contributed by atoms with van der Waals surface area (Å²) in [6, 6.07) is 5.66. The van der Waals surface area contributed by atoms with Crippen molar-refractivity contribution in [2.75, 3.05) is 19.6 Å². The number of alkyl halides is 3. The second-order valence-corrected chi connectivity index (χ2v) is 5.82. The maximum atomic E-state index is 12.8. The van der Waals surface area contributed by atoms with E-state index in [9.17, 15) is 13.2 Å². The Labute approximate surface area is 124 Å². The van der Waals surface area contributed by atoms with Gasteiger partial charge in [-0.2, -0.15) is 13.2 Å². The summed E-state index contributed by atoms with van der Waals surface area (Å²) in [6.07, 6.45) is -2.21.